The molecule has 0 unspecified atom stereocenters. The Labute approximate surface area is 381 Å². The standard InChI is InChI=1S/C57H68O7/c1-54(2,3)44-16-22-48(23-17-44)57(49-24-18-45(19-25-49)55(4,5)6,50-26-20-46(21-27-50)56(7,8)9)47-14-10-41(11-15-47)38-53(59)64-37-34-61-33-36-63-52-29-13-42-39-51(28-12-43(42)40-52)62-35-32-60-31-30-58/h10-29,39-40,58H,30-38H2,1-9H3. The number of carbonyl (C=O) groups is 1. The predicted molar refractivity (Wildman–Crippen MR) is 259 cm³/mol. The highest BCUT2D eigenvalue weighted by Crippen LogP contribution is 2.46. The van der Waals surface area contributed by atoms with Gasteiger partial charge in [-0.15, -0.1) is 0 Å². The molecule has 0 saturated heterocycles. The molecule has 6 rings (SSSR count). The molecule has 6 aromatic rings. The van der Waals surface area contributed by atoms with Crippen molar-refractivity contribution in [1.82, 2.24) is 0 Å². The molecule has 0 heterocycles. The second-order valence-corrected chi connectivity index (χ2v) is 19.6. The van der Waals surface area contributed by atoms with Crippen LogP contribution in [-0.4, -0.2) is 63.9 Å². The van der Waals surface area contributed by atoms with E-state index >= 15 is 0 Å². The van der Waals surface area contributed by atoms with Gasteiger partial charge in [0.2, 0.25) is 0 Å². The van der Waals surface area contributed by atoms with E-state index in [0.717, 1.165) is 33.4 Å². The van der Waals surface area contributed by atoms with E-state index in [-0.39, 0.29) is 48.5 Å². The number of benzene rings is 6. The van der Waals surface area contributed by atoms with Gasteiger partial charge in [0.25, 0.3) is 0 Å². The van der Waals surface area contributed by atoms with Gasteiger partial charge < -0.3 is 28.8 Å². The van der Waals surface area contributed by atoms with E-state index in [1.165, 1.54) is 33.4 Å². The van der Waals surface area contributed by atoms with Crippen LogP contribution in [0, 0.1) is 0 Å². The molecular formula is C57H68O7. The van der Waals surface area contributed by atoms with E-state index in [4.69, 9.17) is 28.8 Å². The monoisotopic (exact) mass is 864 g/mol. The minimum absolute atomic E-state index is 0.000315. The van der Waals surface area contributed by atoms with Gasteiger partial charge in [0.1, 0.15) is 31.3 Å². The zero-order valence-corrected chi connectivity index (χ0v) is 39.5. The third kappa shape index (κ3) is 12.2. The van der Waals surface area contributed by atoms with E-state index < -0.39 is 5.41 Å². The lowest BCUT2D eigenvalue weighted by Gasteiger charge is -2.38. The first-order valence-electron chi connectivity index (χ1n) is 22.6. The molecule has 0 saturated carbocycles. The van der Waals surface area contributed by atoms with Crippen molar-refractivity contribution in [1.29, 1.82) is 0 Å². The summed E-state index contributed by atoms with van der Waals surface area (Å²) >= 11 is 0. The summed E-state index contributed by atoms with van der Waals surface area (Å²) in [6.45, 7) is 22.6. The summed E-state index contributed by atoms with van der Waals surface area (Å²) in [6.07, 6.45) is 0.159. The maximum atomic E-state index is 13.1. The molecule has 0 aliphatic carbocycles. The van der Waals surface area contributed by atoms with E-state index in [1.807, 2.05) is 36.4 Å². The fourth-order valence-electron chi connectivity index (χ4n) is 8.05. The van der Waals surface area contributed by atoms with Crippen molar-refractivity contribution in [2.75, 3.05) is 52.9 Å². The number of aliphatic hydroxyl groups excluding tert-OH is 1. The Morgan fingerprint density at radius 1 is 0.422 bits per heavy atom. The van der Waals surface area contributed by atoms with Gasteiger partial charge in [-0.2, -0.15) is 0 Å². The minimum atomic E-state index is -0.630. The van der Waals surface area contributed by atoms with Gasteiger partial charge in [-0.25, -0.2) is 0 Å². The molecule has 0 spiro atoms. The molecule has 338 valence electrons. The smallest absolute Gasteiger partial charge is 0.310 e. The summed E-state index contributed by atoms with van der Waals surface area (Å²) in [5.74, 6) is 1.20. The first-order chi connectivity index (χ1) is 30.5. The fourth-order valence-corrected chi connectivity index (χ4v) is 8.05. The number of aliphatic hydroxyl groups is 1. The van der Waals surface area contributed by atoms with Crippen molar-refractivity contribution in [3.05, 3.63) is 178 Å². The first kappa shape index (κ1) is 48.0. The van der Waals surface area contributed by atoms with Crippen LogP contribution in [0.15, 0.2) is 133 Å². The number of hydrogen-bond donors (Lipinski definition) is 1. The molecule has 0 bridgehead atoms. The summed E-state index contributed by atoms with van der Waals surface area (Å²) in [5.41, 5.74) is 8.82. The van der Waals surface area contributed by atoms with E-state index in [0.29, 0.717) is 33.0 Å². The fraction of sp³-hybridized carbons (Fsp3) is 0.386. The number of carbonyl (C=O) groups excluding carboxylic acids is 1. The summed E-state index contributed by atoms with van der Waals surface area (Å²) in [5, 5.41) is 10.9. The van der Waals surface area contributed by atoms with Crippen LogP contribution in [-0.2, 0) is 47.1 Å². The Kier molecular flexibility index (Phi) is 15.8. The number of rotatable bonds is 19. The number of ether oxygens (including phenoxy) is 5. The van der Waals surface area contributed by atoms with Crippen LogP contribution >= 0.6 is 0 Å². The second-order valence-electron chi connectivity index (χ2n) is 19.6. The molecule has 0 aliphatic heterocycles. The average Bonchev–Trinajstić information content (AvgIpc) is 3.26. The van der Waals surface area contributed by atoms with Crippen molar-refractivity contribution in [2.45, 2.75) is 90.4 Å². The summed E-state index contributed by atoms with van der Waals surface area (Å²) in [6, 6.07) is 47.7. The zero-order valence-electron chi connectivity index (χ0n) is 39.5. The Morgan fingerprint density at radius 2 is 0.766 bits per heavy atom. The number of esters is 1. The quantitative estimate of drug-likeness (QED) is 0.0493. The zero-order chi connectivity index (χ0) is 46.0. The summed E-state index contributed by atoms with van der Waals surface area (Å²) in [4.78, 5) is 13.1. The molecular weight excluding hydrogens is 797 g/mol. The maximum absolute atomic E-state index is 13.1. The van der Waals surface area contributed by atoms with Crippen molar-refractivity contribution in [3.8, 4) is 11.5 Å². The highest BCUT2D eigenvalue weighted by molar-refractivity contribution is 5.85. The van der Waals surface area contributed by atoms with Crippen molar-refractivity contribution in [2.24, 2.45) is 0 Å². The van der Waals surface area contributed by atoms with Gasteiger partial charge in [-0.1, -0.05) is 172 Å². The molecule has 1 N–H and O–H groups in total. The highest BCUT2D eigenvalue weighted by atomic mass is 16.6. The molecule has 0 radical (unpaired) electrons. The van der Waals surface area contributed by atoms with Gasteiger partial charge in [0, 0.05) is 0 Å². The third-order valence-electron chi connectivity index (χ3n) is 11.8. The SMILES string of the molecule is CC(C)(C)c1ccc(C(c2ccc(CC(=O)OCCOCCOc3ccc4cc(OCCOCCO)ccc4c3)cc2)(c2ccc(C(C)(C)C)cc2)c2ccc(C(C)(C)C)cc2)cc1. The Hall–Kier alpha value is -5.47. The first-order valence-corrected chi connectivity index (χ1v) is 22.6. The van der Waals surface area contributed by atoms with Crippen molar-refractivity contribution in [3.63, 3.8) is 0 Å². The van der Waals surface area contributed by atoms with Crippen LogP contribution in [0.25, 0.3) is 10.8 Å². The molecule has 0 amide bonds. The Morgan fingerprint density at radius 3 is 1.14 bits per heavy atom. The molecule has 6 aromatic carbocycles. The van der Waals surface area contributed by atoms with Crippen LogP contribution < -0.4 is 9.47 Å². The lowest BCUT2D eigenvalue weighted by Crippen LogP contribution is -2.31. The molecule has 0 aromatic heterocycles. The molecule has 7 nitrogen and oxygen atoms in total. The predicted octanol–water partition coefficient (Wildman–Crippen LogP) is 11.7. The maximum Gasteiger partial charge on any atom is 0.310 e. The molecule has 0 aliphatic rings. The lowest BCUT2D eigenvalue weighted by molar-refractivity contribution is -0.144. The van der Waals surface area contributed by atoms with Crippen LogP contribution in [0.4, 0.5) is 0 Å². The minimum Gasteiger partial charge on any atom is -0.491 e. The molecule has 64 heavy (non-hydrogen) atoms. The van der Waals surface area contributed by atoms with Crippen molar-refractivity contribution >= 4 is 16.7 Å². The number of hydrogen-bond acceptors (Lipinski definition) is 7. The molecule has 0 atom stereocenters. The summed E-state index contributed by atoms with van der Waals surface area (Å²) < 4.78 is 28.3. The van der Waals surface area contributed by atoms with Gasteiger partial charge in [-0.3, -0.25) is 4.79 Å². The lowest BCUT2D eigenvalue weighted by atomic mass is 9.64. The normalized spacial score (nSPS) is 12.3. The Bertz CT molecular complexity index is 2260. The van der Waals surface area contributed by atoms with Crippen molar-refractivity contribution < 1.29 is 33.6 Å². The van der Waals surface area contributed by atoms with Crippen LogP contribution in [0.3, 0.4) is 0 Å². The third-order valence-corrected chi connectivity index (χ3v) is 11.8. The Balaban J connectivity index is 1.10. The topological polar surface area (TPSA) is 83.5 Å². The largest absolute Gasteiger partial charge is 0.491 e. The molecule has 0 fully saturated rings. The van der Waals surface area contributed by atoms with Gasteiger partial charge in [0.15, 0.2) is 0 Å². The van der Waals surface area contributed by atoms with E-state index in [2.05, 4.69) is 159 Å². The van der Waals surface area contributed by atoms with E-state index in [1.54, 1.807) is 0 Å². The van der Waals surface area contributed by atoms with Crippen LogP contribution in [0.1, 0.15) is 107 Å². The summed E-state index contributed by atoms with van der Waals surface area (Å²) in [7, 11) is 0. The van der Waals surface area contributed by atoms with E-state index in [9.17, 15) is 4.79 Å². The number of fused-ring (bicyclic) bond motifs is 1. The van der Waals surface area contributed by atoms with Gasteiger partial charge in [-0.05, 0) is 95.8 Å². The second kappa shape index (κ2) is 21.0. The van der Waals surface area contributed by atoms with Crippen LogP contribution in [0.5, 0.6) is 11.5 Å². The average molecular weight is 865 g/mol. The van der Waals surface area contributed by atoms with Gasteiger partial charge in [0.05, 0.1) is 44.9 Å². The molecule has 7 heteroatoms. The van der Waals surface area contributed by atoms with Crippen LogP contribution in [0.2, 0.25) is 0 Å². The highest BCUT2D eigenvalue weighted by Gasteiger charge is 2.39. The van der Waals surface area contributed by atoms with Gasteiger partial charge >= 0.3 is 5.97 Å².